The van der Waals surface area contributed by atoms with E-state index >= 15 is 0 Å². The van der Waals surface area contributed by atoms with Gasteiger partial charge in [0.1, 0.15) is 0 Å². The second-order valence-corrected chi connectivity index (χ2v) is 5.94. The van der Waals surface area contributed by atoms with E-state index in [1.807, 2.05) is 0 Å². The van der Waals surface area contributed by atoms with Gasteiger partial charge in [-0.15, -0.1) is 0 Å². The number of nitrogens with two attached hydrogens (primary N) is 1. The summed E-state index contributed by atoms with van der Waals surface area (Å²) in [6, 6.07) is -0.0257. The van der Waals surface area contributed by atoms with Crippen molar-refractivity contribution in [3.05, 3.63) is 0 Å². The molecular weight excluding hydrogens is 216 g/mol. The lowest BCUT2D eigenvalue weighted by Gasteiger charge is -2.11. The van der Waals surface area contributed by atoms with Gasteiger partial charge in [-0.05, 0) is 25.2 Å². The van der Waals surface area contributed by atoms with Crippen LogP contribution in [-0.2, 0) is 14.8 Å². The molecule has 0 aromatic rings. The Kier molecular flexibility index (Phi) is 4.98. The fourth-order valence-electron chi connectivity index (χ4n) is 1.38. The zero-order valence-electron chi connectivity index (χ0n) is 9.11. The summed E-state index contributed by atoms with van der Waals surface area (Å²) in [6.45, 7) is 0.829. The van der Waals surface area contributed by atoms with Crippen LogP contribution in [0.5, 0.6) is 0 Å². The molecule has 5 nitrogen and oxygen atoms in total. The number of hydrogen-bond donors (Lipinski definition) is 2. The van der Waals surface area contributed by atoms with Gasteiger partial charge in [0.2, 0.25) is 10.0 Å². The Balaban J connectivity index is 2.16. The average Bonchev–Trinajstić information content (AvgIpc) is 2.98. The molecular formula is C9H20N2O3S. The van der Waals surface area contributed by atoms with Crippen molar-refractivity contribution in [3.63, 3.8) is 0 Å². The van der Waals surface area contributed by atoms with Crippen LogP contribution in [0, 0.1) is 5.92 Å². The number of methoxy groups -OCH3 is 1. The molecule has 0 aliphatic heterocycles. The lowest BCUT2D eigenvalue weighted by Crippen LogP contribution is -2.39. The van der Waals surface area contributed by atoms with Crippen molar-refractivity contribution >= 4 is 10.0 Å². The van der Waals surface area contributed by atoms with Gasteiger partial charge in [0, 0.05) is 26.3 Å². The zero-order chi connectivity index (χ0) is 11.3. The number of nitrogens with one attached hydrogen (secondary N) is 1. The highest BCUT2D eigenvalue weighted by Gasteiger charge is 2.28. The molecule has 1 rings (SSSR count). The lowest BCUT2D eigenvalue weighted by atomic mass is 10.2. The summed E-state index contributed by atoms with van der Waals surface area (Å²) in [7, 11) is -1.61. The highest BCUT2D eigenvalue weighted by Crippen LogP contribution is 2.31. The number of hydrogen-bond acceptors (Lipinski definition) is 4. The lowest BCUT2D eigenvalue weighted by molar-refractivity contribution is 0.199. The van der Waals surface area contributed by atoms with E-state index in [4.69, 9.17) is 10.5 Å². The minimum Gasteiger partial charge on any atom is -0.385 e. The molecule has 1 aliphatic carbocycles. The number of sulfonamides is 1. The quantitative estimate of drug-likeness (QED) is 0.566. The summed E-state index contributed by atoms with van der Waals surface area (Å²) in [5.74, 6) is 0.629. The highest BCUT2D eigenvalue weighted by atomic mass is 32.2. The molecule has 1 saturated carbocycles. The van der Waals surface area contributed by atoms with E-state index in [9.17, 15) is 8.42 Å². The van der Waals surface area contributed by atoms with Gasteiger partial charge in [-0.2, -0.15) is 0 Å². The predicted molar refractivity (Wildman–Crippen MR) is 59.0 cm³/mol. The van der Waals surface area contributed by atoms with E-state index in [1.165, 1.54) is 0 Å². The molecule has 1 aliphatic rings. The first-order chi connectivity index (χ1) is 7.05. The molecule has 0 aromatic carbocycles. The van der Waals surface area contributed by atoms with Gasteiger partial charge in [-0.3, -0.25) is 0 Å². The van der Waals surface area contributed by atoms with Gasteiger partial charge in [-0.25, -0.2) is 13.1 Å². The van der Waals surface area contributed by atoms with E-state index in [0.29, 0.717) is 25.5 Å². The Morgan fingerprint density at radius 3 is 2.73 bits per heavy atom. The van der Waals surface area contributed by atoms with Crippen molar-refractivity contribution < 1.29 is 13.2 Å². The number of ether oxygens (including phenoxy) is 1. The van der Waals surface area contributed by atoms with Crippen molar-refractivity contribution in [3.8, 4) is 0 Å². The third kappa shape index (κ3) is 5.46. The molecule has 6 heteroatoms. The van der Waals surface area contributed by atoms with Crippen LogP contribution in [0.1, 0.15) is 19.3 Å². The fraction of sp³-hybridized carbons (Fsp3) is 1.00. The van der Waals surface area contributed by atoms with E-state index < -0.39 is 10.0 Å². The van der Waals surface area contributed by atoms with Gasteiger partial charge < -0.3 is 10.5 Å². The van der Waals surface area contributed by atoms with Gasteiger partial charge in [0.25, 0.3) is 0 Å². The maximum Gasteiger partial charge on any atom is 0.211 e. The summed E-state index contributed by atoms with van der Waals surface area (Å²) in [6.07, 6.45) is 2.78. The Morgan fingerprint density at radius 1 is 1.53 bits per heavy atom. The van der Waals surface area contributed by atoms with Crippen molar-refractivity contribution in [2.45, 2.75) is 25.3 Å². The van der Waals surface area contributed by atoms with E-state index in [0.717, 1.165) is 12.8 Å². The molecule has 0 spiro atoms. The molecule has 0 amide bonds. The van der Waals surface area contributed by atoms with Crippen molar-refractivity contribution in [1.82, 2.24) is 4.72 Å². The van der Waals surface area contributed by atoms with Gasteiger partial charge in [0.05, 0.1) is 5.75 Å². The molecule has 1 fully saturated rings. The maximum absolute atomic E-state index is 11.4. The Labute approximate surface area is 91.4 Å². The van der Waals surface area contributed by atoms with Crippen LogP contribution < -0.4 is 10.5 Å². The minimum atomic E-state index is -3.16. The van der Waals surface area contributed by atoms with Crippen LogP contribution in [-0.4, -0.2) is 40.5 Å². The fourth-order valence-corrected chi connectivity index (χ4v) is 2.47. The molecule has 0 saturated heterocycles. The molecule has 0 aromatic heterocycles. The first kappa shape index (κ1) is 12.9. The zero-order valence-corrected chi connectivity index (χ0v) is 9.92. The van der Waals surface area contributed by atoms with Crippen molar-refractivity contribution in [1.29, 1.82) is 0 Å². The summed E-state index contributed by atoms with van der Waals surface area (Å²) in [5.41, 5.74) is 5.79. The molecule has 90 valence electrons. The summed E-state index contributed by atoms with van der Waals surface area (Å²) in [5, 5.41) is 0. The standard InChI is InChI=1S/C9H20N2O3S/c1-14-5-2-6-15(12,13)11-7-9(10)8-3-4-8/h8-9,11H,2-7,10H2,1H3. The SMILES string of the molecule is COCCCS(=O)(=O)NCC(N)C1CC1. The van der Waals surface area contributed by atoms with E-state index in [1.54, 1.807) is 7.11 Å². The molecule has 0 bridgehead atoms. The largest absolute Gasteiger partial charge is 0.385 e. The van der Waals surface area contributed by atoms with Crippen LogP contribution in [0.4, 0.5) is 0 Å². The van der Waals surface area contributed by atoms with Crippen LogP contribution in [0.3, 0.4) is 0 Å². The molecule has 0 heterocycles. The smallest absolute Gasteiger partial charge is 0.211 e. The third-order valence-corrected chi connectivity index (χ3v) is 3.96. The molecule has 1 unspecified atom stereocenters. The predicted octanol–water partition coefficient (Wildman–Crippen LogP) is -0.320. The number of rotatable bonds is 8. The monoisotopic (exact) mass is 236 g/mol. The third-order valence-electron chi connectivity index (χ3n) is 2.53. The van der Waals surface area contributed by atoms with Gasteiger partial charge >= 0.3 is 0 Å². The second kappa shape index (κ2) is 5.79. The minimum absolute atomic E-state index is 0.0257. The van der Waals surface area contributed by atoms with Crippen LogP contribution in [0.25, 0.3) is 0 Å². The Bertz CT molecular complexity index is 275. The average molecular weight is 236 g/mol. The normalized spacial score (nSPS) is 19.1. The van der Waals surface area contributed by atoms with Crippen molar-refractivity contribution in [2.75, 3.05) is 26.0 Å². The second-order valence-electron chi connectivity index (χ2n) is 4.01. The summed E-state index contributed by atoms with van der Waals surface area (Å²) >= 11 is 0. The Hall–Kier alpha value is -0.170. The summed E-state index contributed by atoms with van der Waals surface area (Å²) in [4.78, 5) is 0. The van der Waals surface area contributed by atoms with Crippen LogP contribution in [0.15, 0.2) is 0 Å². The Morgan fingerprint density at radius 2 is 2.20 bits per heavy atom. The topological polar surface area (TPSA) is 81.4 Å². The maximum atomic E-state index is 11.4. The molecule has 15 heavy (non-hydrogen) atoms. The first-order valence-electron chi connectivity index (χ1n) is 5.27. The molecule has 3 N–H and O–H groups in total. The first-order valence-corrected chi connectivity index (χ1v) is 6.92. The van der Waals surface area contributed by atoms with Gasteiger partial charge in [0.15, 0.2) is 0 Å². The molecule has 0 radical (unpaired) electrons. The van der Waals surface area contributed by atoms with E-state index in [2.05, 4.69) is 4.72 Å². The van der Waals surface area contributed by atoms with Crippen molar-refractivity contribution in [2.24, 2.45) is 11.7 Å². The van der Waals surface area contributed by atoms with Gasteiger partial charge in [-0.1, -0.05) is 0 Å². The highest BCUT2D eigenvalue weighted by molar-refractivity contribution is 7.89. The van der Waals surface area contributed by atoms with Crippen LogP contribution in [0.2, 0.25) is 0 Å². The summed E-state index contributed by atoms with van der Waals surface area (Å²) < 4.78 is 30.2. The molecule has 1 atom stereocenters. The van der Waals surface area contributed by atoms with E-state index in [-0.39, 0.29) is 11.8 Å². The van der Waals surface area contributed by atoms with Crippen LogP contribution >= 0.6 is 0 Å².